The Balaban J connectivity index is 1.77. The van der Waals surface area contributed by atoms with E-state index < -0.39 is 0 Å². The third-order valence-electron chi connectivity index (χ3n) is 5.67. The Bertz CT molecular complexity index is 1060. The maximum Gasteiger partial charge on any atom is 0.251 e. The molecule has 0 saturated carbocycles. The van der Waals surface area contributed by atoms with E-state index in [4.69, 9.17) is 18.9 Å². The second-order valence-electron chi connectivity index (χ2n) is 9.25. The van der Waals surface area contributed by atoms with Gasteiger partial charge in [0.25, 0.3) is 11.8 Å². The van der Waals surface area contributed by atoms with Crippen molar-refractivity contribution in [2.24, 2.45) is 0 Å². The number of ether oxygens (including phenoxy) is 4. The first-order valence-corrected chi connectivity index (χ1v) is 17.0. The number of rotatable bonds is 25. The van der Waals surface area contributed by atoms with Crippen LogP contribution in [0.25, 0.3) is 0 Å². The summed E-state index contributed by atoms with van der Waals surface area (Å²) in [6.07, 6.45) is 9.92. The van der Waals surface area contributed by atoms with Gasteiger partial charge in [-0.3, -0.25) is 9.59 Å². The van der Waals surface area contributed by atoms with Crippen molar-refractivity contribution >= 4 is 33.4 Å². The topological polar surface area (TPSA) is 95.1 Å². The predicted octanol–water partition coefficient (Wildman–Crippen LogP) is 7.05. The molecule has 44 heavy (non-hydrogen) atoms. The van der Waals surface area contributed by atoms with E-state index >= 15 is 0 Å². The zero-order chi connectivity index (χ0) is 31.8. The number of hydrogen-bond acceptors (Lipinski definition) is 8. The predicted molar refractivity (Wildman–Crippen MR) is 184 cm³/mol. The molecule has 10 heteroatoms. The van der Waals surface area contributed by atoms with E-state index in [1.807, 2.05) is 0 Å². The highest BCUT2D eigenvalue weighted by Gasteiger charge is 2.12. The van der Waals surface area contributed by atoms with Gasteiger partial charge in [-0.25, -0.2) is 0 Å². The van der Waals surface area contributed by atoms with E-state index in [-0.39, 0.29) is 11.8 Å². The van der Waals surface area contributed by atoms with Gasteiger partial charge in [-0.2, -0.15) is 0 Å². The second kappa shape index (κ2) is 22.7. The molecule has 2 amide bonds. The van der Waals surface area contributed by atoms with Crippen molar-refractivity contribution < 1.29 is 28.5 Å². The van der Waals surface area contributed by atoms with Gasteiger partial charge in [0.05, 0.1) is 26.4 Å². The monoisotopic (exact) mass is 640 g/mol. The van der Waals surface area contributed by atoms with Crippen LogP contribution in [0.2, 0.25) is 0 Å². The van der Waals surface area contributed by atoms with Crippen molar-refractivity contribution in [3.8, 4) is 23.0 Å². The lowest BCUT2D eigenvalue weighted by Crippen LogP contribution is -2.26. The summed E-state index contributed by atoms with van der Waals surface area (Å²) in [4.78, 5) is 25.6. The Morgan fingerprint density at radius 2 is 0.841 bits per heavy atom. The van der Waals surface area contributed by atoms with Gasteiger partial charge >= 0.3 is 0 Å². The highest BCUT2D eigenvalue weighted by Crippen LogP contribution is 2.25. The Labute approximate surface area is 269 Å². The Morgan fingerprint density at radius 3 is 1.11 bits per heavy atom. The van der Waals surface area contributed by atoms with Gasteiger partial charge in [-0.15, -0.1) is 26.3 Å². The summed E-state index contributed by atoms with van der Waals surface area (Å²) in [7, 11) is 3.25. The van der Waals surface area contributed by atoms with Gasteiger partial charge in [0.1, 0.15) is 23.0 Å². The molecule has 0 atom stereocenters. The zero-order valence-electron chi connectivity index (χ0n) is 25.4. The fourth-order valence-electron chi connectivity index (χ4n) is 3.51. The highest BCUT2D eigenvalue weighted by molar-refractivity contribution is 8.76. The molecule has 0 radical (unpaired) electrons. The molecular weight excluding hydrogens is 597 g/mol. The lowest BCUT2D eigenvalue weighted by Gasteiger charge is -2.12. The quantitative estimate of drug-likeness (QED) is 0.0678. The van der Waals surface area contributed by atoms with Crippen molar-refractivity contribution in [2.45, 2.75) is 25.7 Å². The van der Waals surface area contributed by atoms with Crippen molar-refractivity contribution in [3.63, 3.8) is 0 Å². The first kappa shape index (κ1) is 36.4. The van der Waals surface area contributed by atoms with E-state index in [0.29, 0.717) is 111 Å². The standard InChI is InChI=1S/C34H44N2O6S2/c1-5-9-15-39-29-21-27(22-30(25-29)40-16-10-6-2)33(37)35-13-19-43-44-20-14-36-34(38)28-23-31(41-17-11-7-3)26-32(24-28)42-18-12-8-4/h5-8,21-26H,1-4,9-20H2,(H,35,37)(H,36,38). The molecule has 0 bridgehead atoms. The molecule has 0 aliphatic rings. The van der Waals surface area contributed by atoms with Crippen molar-refractivity contribution in [1.82, 2.24) is 10.6 Å². The van der Waals surface area contributed by atoms with Crippen LogP contribution in [0, 0.1) is 0 Å². The average Bonchev–Trinajstić information content (AvgIpc) is 3.02. The van der Waals surface area contributed by atoms with Gasteiger partial charge in [0.15, 0.2) is 0 Å². The summed E-state index contributed by atoms with van der Waals surface area (Å²) in [6, 6.07) is 10.4. The number of carbonyl (C=O) groups excluding carboxylic acids is 2. The van der Waals surface area contributed by atoms with E-state index in [1.165, 1.54) is 0 Å². The molecule has 238 valence electrons. The van der Waals surface area contributed by atoms with E-state index in [0.717, 1.165) is 0 Å². The number of amides is 2. The third-order valence-corrected chi connectivity index (χ3v) is 8.08. The summed E-state index contributed by atoms with van der Waals surface area (Å²) in [5.74, 6) is 3.30. The van der Waals surface area contributed by atoms with E-state index in [1.54, 1.807) is 82.3 Å². The van der Waals surface area contributed by atoms with Crippen LogP contribution in [0.1, 0.15) is 46.4 Å². The van der Waals surface area contributed by atoms with Crippen LogP contribution in [0.3, 0.4) is 0 Å². The van der Waals surface area contributed by atoms with Crippen molar-refractivity contribution in [2.75, 3.05) is 51.0 Å². The number of nitrogens with one attached hydrogen (secondary N) is 2. The maximum absolute atomic E-state index is 12.8. The first-order valence-electron chi connectivity index (χ1n) is 14.6. The third kappa shape index (κ3) is 15.1. The molecule has 2 rings (SSSR count). The molecule has 2 aromatic carbocycles. The molecule has 0 spiro atoms. The highest BCUT2D eigenvalue weighted by atomic mass is 33.1. The van der Waals surface area contributed by atoms with Crippen LogP contribution in [-0.2, 0) is 0 Å². The smallest absolute Gasteiger partial charge is 0.251 e. The summed E-state index contributed by atoms with van der Waals surface area (Å²) in [5.41, 5.74) is 0.944. The lowest BCUT2D eigenvalue weighted by atomic mass is 10.2. The SMILES string of the molecule is C=CCCOc1cc(OCCC=C)cc(C(=O)NCCSSCCNC(=O)c2cc(OCCC=C)cc(OCCC=C)c2)c1. The molecule has 0 aliphatic carbocycles. The van der Waals surface area contributed by atoms with Crippen molar-refractivity contribution in [1.29, 1.82) is 0 Å². The molecule has 0 unspecified atom stereocenters. The number of hydrogen-bond donors (Lipinski definition) is 2. The Kier molecular flexibility index (Phi) is 18.8. The van der Waals surface area contributed by atoms with Gasteiger partial charge in [-0.05, 0) is 49.9 Å². The fourth-order valence-corrected chi connectivity index (χ4v) is 5.33. The normalized spacial score (nSPS) is 10.3. The van der Waals surface area contributed by atoms with Crippen LogP contribution in [0.4, 0.5) is 0 Å². The minimum absolute atomic E-state index is 0.200. The molecule has 2 N–H and O–H groups in total. The van der Waals surface area contributed by atoms with Crippen LogP contribution < -0.4 is 29.6 Å². The average molecular weight is 641 g/mol. The Morgan fingerprint density at radius 1 is 0.545 bits per heavy atom. The summed E-state index contributed by atoms with van der Waals surface area (Å²) in [6.45, 7) is 17.7. The summed E-state index contributed by atoms with van der Waals surface area (Å²) < 4.78 is 23.0. The minimum atomic E-state index is -0.200. The fraction of sp³-hybridized carbons (Fsp3) is 0.353. The maximum atomic E-state index is 12.8. The largest absolute Gasteiger partial charge is 0.493 e. The van der Waals surface area contributed by atoms with Gasteiger partial charge in [0.2, 0.25) is 0 Å². The van der Waals surface area contributed by atoms with Crippen LogP contribution in [0.15, 0.2) is 87.0 Å². The van der Waals surface area contributed by atoms with Gasteiger partial charge in [0, 0.05) is 47.9 Å². The number of benzene rings is 2. The summed E-state index contributed by atoms with van der Waals surface area (Å²) >= 11 is 0. The summed E-state index contributed by atoms with van der Waals surface area (Å²) in [5, 5.41) is 5.89. The number of carbonyl (C=O) groups is 2. The Hall–Kier alpha value is -3.76. The van der Waals surface area contributed by atoms with Gasteiger partial charge in [-0.1, -0.05) is 45.9 Å². The molecule has 0 heterocycles. The molecule has 0 aliphatic heterocycles. The van der Waals surface area contributed by atoms with Crippen LogP contribution in [0.5, 0.6) is 23.0 Å². The van der Waals surface area contributed by atoms with E-state index in [9.17, 15) is 9.59 Å². The van der Waals surface area contributed by atoms with Crippen molar-refractivity contribution in [3.05, 3.63) is 98.1 Å². The molecule has 0 saturated heterocycles. The second-order valence-corrected chi connectivity index (χ2v) is 11.9. The zero-order valence-corrected chi connectivity index (χ0v) is 27.0. The van der Waals surface area contributed by atoms with Crippen LogP contribution in [-0.4, -0.2) is 62.8 Å². The lowest BCUT2D eigenvalue weighted by molar-refractivity contribution is 0.0947. The minimum Gasteiger partial charge on any atom is -0.493 e. The molecule has 0 aromatic heterocycles. The first-order chi connectivity index (χ1) is 21.5. The van der Waals surface area contributed by atoms with Gasteiger partial charge < -0.3 is 29.6 Å². The van der Waals surface area contributed by atoms with Crippen LogP contribution >= 0.6 is 21.6 Å². The molecule has 2 aromatic rings. The van der Waals surface area contributed by atoms with E-state index in [2.05, 4.69) is 36.9 Å². The molecular formula is C34H44N2O6S2. The molecule has 8 nitrogen and oxygen atoms in total. The molecule has 0 fully saturated rings.